The van der Waals surface area contributed by atoms with Crippen molar-refractivity contribution in [2.75, 3.05) is 44.3 Å². The molecular weight excluding hydrogens is 462 g/mol. The van der Waals surface area contributed by atoms with Gasteiger partial charge in [0, 0.05) is 49.6 Å². The lowest BCUT2D eigenvalue weighted by molar-refractivity contribution is -0.384. The smallest absolute Gasteiger partial charge is 0.270 e. The SMILES string of the molecule is CCN(CC)C(=O)CN1CN(c2ccccc2)C2(CCN(C(=O)c3cccc([N+](=O)[O-])c3)CC2)C1=O. The lowest BCUT2D eigenvalue weighted by atomic mass is 9.85. The maximum atomic E-state index is 13.8. The molecule has 2 heterocycles. The highest BCUT2D eigenvalue weighted by Crippen LogP contribution is 2.39. The minimum absolute atomic E-state index is 0.0158. The van der Waals surface area contributed by atoms with Gasteiger partial charge in [0.15, 0.2) is 0 Å². The fraction of sp³-hybridized carbons (Fsp3) is 0.423. The molecule has 2 saturated heterocycles. The molecular formula is C26H31N5O5. The number of nitrogens with zero attached hydrogens (tertiary/aromatic N) is 5. The van der Waals surface area contributed by atoms with Crippen LogP contribution in [0.25, 0.3) is 0 Å². The van der Waals surface area contributed by atoms with E-state index in [2.05, 4.69) is 4.90 Å². The number of rotatable bonds is 7. The van der Waals surface area contributed by atoms with E-state index in [-0.39, 0.29) is 35.5 Å². The number of likely N-dealkylation sites (N-methyl/N-ethyl adjacent to an activating group) is 1. The van der Waals surface area contributed by atoms with E-state index in [1.54, 1.807) is 20.8 Å². The van der Waals surface area contributed by atoms with E-state index in [0.29, 0.717) is 45.7 Å². The van der Waals surface area contributed by atoms with E-state index in [1.807, 2.05) is 44.2 Å². The second-order valence-electron chi connectivity index (χ2n) is 9.11. The van der Waals surface area contributed by atoms with E-state index in [4.69, 9.17) is 0 Å². The van der Waals surface area contributed by atoms with Crippen LogP contribution in [-0.2, 0) is 9.59 Å². The van der Waals surface area contributed by atoms with Gasteiger partial charge in [-0.2, -0.15) is 0 Å². The molecule has 0 saturated carbocycles. The molecule has 0 N–H and O–H groups in total. The Morgan fingerprint density at radius 2 is 1.69 bits per heavy atom. The van der Waals surface area contributed by atoms with Gasteiger partial charge >= 0.3 is 0 Å². The fourth-order valence-electron chi connectivity index (χ4n) is 5.18. The number of carbonyl (C=O) groups excluding carboxylic acids is 3. The van der Waals surface area contributed by atoms with Crippen molar-refractivity contribution in [3.8, 4) is 0 Å². The third-order valence-corrected chi connectivity index (χ3v) is 7.21. The number of hydrogen-bond donors (Lipinski definition) is 0. The summed E-state index contributed by atoms with van der Waals surface area (Å²) in [5.41, 5.74) is 0.153. The zero-order valence-corrected chi connectivity index (χ0v) is 20.6. The number of hydrogen-bond acceptors (Lipinski definition) is 6. The van der Waals surface area contributed by atoms with Gasteiger partial charge in [0.25, 0.3) is 17.5 Å². The first kappa shape index (κ1) is 25.2. The average Bonchev–Trinajstić information content (AvgIpc) is 3.16. The summed E-state index contributed by atoms with van der Waals surface area (Å²) in [5, 5.41) is 11.1. The van der Waals surface area contributed by atoms with E-state index < -0.39 is 10.5 Å². The van der Waals surface area contributed by atoms with Crippen molar-refractivity contribution in [3.63, 3.8) is 0 Å². The Morgan fingerprint density at radius 3 is 2.31 bits per heavy atom. The summed E-state index contributed by atoms with van der Waals surface area (Å²) in [6, 6.07) is 15.3. The summed E-state index contributed by atoms with van der Waals surface area (Å²) >= 11 is 0. The van der Waals surface area contributed by atoms with E-state index in [9.17, 15) is 24.5 Å². The van der Waals surface area contributed by atoms with Crippen LogP contribution in [-0.4, -0.2) is 82.3 Å². The third kappa shape index (κ3) is 4.62. The largest absolute Gasteiger partial charge is 0.342 e. The van der Waals surface area contributed by atoms with Crippen LogP contribution < -0.4 is 4.90 Å². The van der Waals surface area contributed by atoms with Crippen LogP contribution in [0, 0.1) is 10.1 Å². The second kappa shape index (κ2) is 10.3. The van der Waals surface area contributed by atoms with Crippen LogP contribution in [0.5, 0.6) is 0 Å². The number of para-hydroxylation sites is 1. The Morgan fingerprint density at radius 1 is 1.03 bits per heavy atom. The molecule has 0 atom stereocenters. The zero-order valence-electron chi connectivity index (χ0n) is 20.6. The standard InChI is InChI=1S/C26H31N5O5/c1-3-27(4-2)23(32)18-29-19-30(21-10-6-5-7-11-21)26(25(29)34)13-15-28(16-14-26)24(33)20-9-8-12-22(17-20)31(35)36/h5-12,17H,3-4,13-16,18-19H2,1-2H3. The van der Waals surface area contributed by atoms with Gasteiger partial charge in [-0.15, -0.1) is 0 Å². The molecule has 2 aromatic rings. The first-order valence-corrected chi connectivity index (χ1v) is 12.2. The van der Waals surface area contributed by atoms with Crippen molar-refractivity contribution < 1.29 is 19.3 Å². The third-order valence-electron chi connectivity index (χ3n) is 7.21. The molecule has 0 aliphatic carbocycles. The van der Waals surface area contributed by atoms with Crippen LogP contribution in [0.4, 0.5) is 11.4 Å². The normalized spacial score (nSPS) is 16.9. The van der Waals surface area contributed by atoms with Crippen LogP contribution in [0.1, 0.15) is 37.0 Å². The molecule has 2 fully saturated rings. The number of benzene rings is 2. The summed E-state index contributed by atoms with van der Waals surface area (Å²) in [4.78, 5) is 57.3. The molecule has 1 spiro atoms. The summed E-state index contributed by atoms with van der Waals surface area (Å²) in [6.07, 6.45) is 0.800. The van der Waals surface area contributed by atoms with Crippen molar-refractivity contribution in [2.45, 2.75) is 32.2 Å². The van der Waals surface area contributed by atoms with Crippen LogP contribution in [0.2, 0.25) is 0 Å². The van der Waals surface area contributed by atoms with Gasteiger partial charge in [-0.25, -0.2) is 0 Å². The van der Waals surface area contributed by atoms with Crippen LogP contribution >= 0.6 is 0 Å². The summed E-state index contributed by atoms with van der Waals surface area (Å²) < 4.78 is 0. The molecule has 0 radical (unpaired) electrons. The quantitative estimate of drug-likeness (QED) is 0.434. The van der Waals surface area contributed by atoms with Gasteiger partial charge in [0.05, 0.1) is 11.6 Å². The molecule has 2 aliphatic heterocycles. The maximum absolute atomic E-state index is 13.8. The van der Waals surface area contributed by atoms with E-state index in [0.717, 1.165) is 5.69 Å². The maximum Gasteiger partial charge on any atom is 0.270 e. The number of non-ortho nitro benzene ring substituents is 1. The number of nitro benzene ring substituents is 1. The van der Waals surface area contributed by atoms with Gasteiger partial charge in [-0.3, -0.25) is 24.5 Å². The Kier molecular flexibility index (Phi) is 7.23. The summed E-state index contributed by atoms with van der Waals surface area (Å²) in [7, 11) is 0. The predicted octanol–water partition coefficient (Wildman–Crippen LogP) is 2.74. The Hall–Kier alpha value is -3.95. The number of carbonyl (C=O) groups is 3. The highest BCUT2D eigenvalue weighted by molar-refractivity contribution is 5.98. The van der Waals surface area contributed by atoms with Crippen molar-refractivity contribution in [1.29, 1.82) is 0 Å². The molecule has 0 aromatic heterocycles. The van der Waals surface area contributed by atoms with Gasteiger partial charge in [0.1, 0.15) is 12.1 Å². The topological polar surface area (TPSA) is 107 Å². The number of amides is 3. The minimum atomic E-state index is -0.857. The zero-order chi connectivity index (χ0) is 25.9. The molecule has 190 valence electrons. The Labute approximate surface area is 210 Å². The molecule has 36 heavy (non-hydrogen) atoms. The number of piperidine rings is 1. The molecule has 2 aromatic carbocycles. The molecule has 2 aliphatic rings. The molecule has 10 nitrogen and oxygen atoms in total. The van der Waals surface area contributed by atoms with Crippen molar-refractivity contribution in [1.82, 2.24) is 14.7 Å². The van der Waals surface area contributed by atoms with Gasteiger partial charge in [-0.05, 0) is 44.9 Å². The van der Waals surface area contributed by atoms with Crippen molar-refractivity contribution in [2.24, 2.45) is 0 Å². The van der Waals surface area contributed by atoms with Crippen molar-refractivity contribution >= 4 is 29.1 Å². The van der Waals surface area contributed by atoms with E-state index >= 15 is 0 Å². The minimum Gasteiger partial charge on any atom is -0.342 e. The Bertz CT molecular complexity index is 1140. The van der Waals surface area contributed by atoms with E-state index in [1.165, 1.54) is 18.2 Å². The van der Waals surface area contributed by atoms with Gasteiger partial charge < -0.3 is 19.6 Å². The highest BCUT2D eigenvalue weighted by atomic mass is 16.6. The fourth-order valence-corrected chi connectivity index (χ4v) is 5.18. The van der Waals surface area contributed by atoms with Gasteiger partial charge in [-0.1, -0.05) is 24.3 Å². The number of anilines is 1. The lowest BCUT2D eigenvalue weighted by Crippen LogP contribution is -2.57. The van der Waals surface area contributed by atoms with Crippen molar-refractivity contribution in [3.05, 3.63) is 70.3 Å². The highest BCUT2D eigenvalue weighted by Gasteiger charge is 2.54. The molecule has 3 amide bonds. The summed E-state index contributed by atoms with van der Waals surface area (Å²) in [6.45, 7) is 5.97. The first-order chi connectivity index (χ1) is 17.3. The molecule has 10 heteroatoms. The average molecular weight is 494 g/mol. The van der Waals surface area contributed by atoms with Gasteiger partial charge in [0.2, 0.25) is 5.91 Å². The lowest BCUT2D eigenvalue weighted by Gasteiger charge is -2.43. The summed E-state index contributed by atoms with van der Waals surface area (Å²) in [5.74, 6) is -0.482. The first-order valence-electron chi connectivity index (χ1n) is 12.2. The molecule has 0 unspecified atom stereocenters. The van der Waals surface area contributed by atoms with Crippen LogP contribution in [0.15, 0.2) is 54.6 Å². The molecule has 4 rings (SSSR count). The monoisotopic (exact) mass is 493 g/mol. The predicted molar refractivity (Wildman–Crippen MR) is 134 cm³/mol. The molecule has 0 bridgehead atoms. The second-order valence-corrected chi connectivity index (χ2v) is 9.11. The van der Waals surface area contributed by atoms with Crippen LogP contribution in [0.3, 0.4) is 0 Å². The number of nitro groups is 1. The Balaban J connectivity index is 1.56. The number of likely N-dealkylation sites (tertiary alicyclic amines) is 1.